The maximum Gasteiger partial charge on any atom is 0.143 e. The van der Waals surface area contributed by atoms with Crippen molar-refractivity contribution in [1.82, 2.24) is 19.9 Å². The van der Waals surface area contributed by atoms with E-state index in [-0.39, 0.29) is 0 Å². The number of methoxy groups -OCH3 is 2. The van der Waals surface area contributed by atoms with Gasteiger partial charge < -0.3 is 9.47 Å². The average molecular weight is 741 g/mol. The van der Waals surface area contributed by atoms with Crippen molar-refractivity contribution >= 4 is 90.7 Å². The molecule has 0 spiro atoms. The van der Waals surface area contributed by atoms with Crippen LogP contribution in [-0.2, 0) is 0 Å². The molecule has 0 saturated heterocycles. The van der Waals surface area contributed by atoms with Crippen LogP contribution in [0, 0.1) is 0 Å². The van der Waals surface area contributed by atoms with Crippen molar-refractivity contribution in [2.24, 2.45) is 0 Å². The number of aromatic nitrogens is 4. The summed E-state index contributed by atoms with van der Waals surface area (Å²) in [6, 6.07) is 32.9. The molecule has 8 rings (SSSR count). The molecule has 0 amide bonds. The van der Waals surface area contributed by atoms with Crippen LogP contribution in [0.3, 0.4) is 0 Å². The first-order chi connectivity index (χ1) is 25.2. The topological polar surface area (TPSA) is 70.0 Å². The lowest BCUT2D eigenvalue weighted by Gasteiger charge is -2.15. The molecular formula is C41H32N4O2S4. The van der Waals surface area contributed by atoms with Crippen molar-refractivity contribution in [3.05, 3.63) is 122 Å². The highest BCUT2D eigenvalue weighted by Gasteiger charge is 2.18. The van der Waals surface area contributed by atoms with E-state index < -0.39 is 0 Å². The van der Waals surface area contributed by atoms with E-state index in [2.05, 4.69) is 48.5 Å². The minimum atomic E-state index is 0.841. The highest BCUT2D eigenvalue weighted by atomic mass is 32.2. The van der Waals surface area contributed by atoms with E-state index in [1.165, 1.54) is 9.79 Å². The minimum Gasteiger partial charge on any atom is -0.495 e. The summed E-state index contributed by atoms with van der Waals surface area (Å²) in [5.41, 5.74) is 3.78. The zero-order valence-electron chi connectivity index (χ0n) is 27.9. The normalized spacial score (nSPS) is 11.5. The monoisotopic (exact) mass is 740 g/mol. The summed E-state index contributed by atoms with van der Waals surface area (Å²) < 4.78 is 11.9. The Balaban J connectivity index is 1.02. The lowest BCUT2D eigenvalue weighted by molar-refractivity contribution is 0.409. The Bertz CT molecular complexity index is 2360. The molecule has 6 nitrogen and oxygen atoms in total. The maximum atomic E-state index is 5.94. The van der Waals surface area contributed by atoms with Crippen molar-refractivity contribution in [3.8, 4) is 11.5 Å². The van der Waals surface area contributed by atoms with Crippen LogP contribution >= 0.6 is 47.0 Å². The smallest absolute Gasteiger partial charge is 0.143 e. The zero-order chi connectivity index (χ0) is 34.6. The quantitative estimate of drug-likeness (QED) is 0.0893. The zero-order valence-corrected chi connectivity index (χ0v) is 31.2. The number of hydrogen-bond acceptors (Lipinski definition) is 10. The number of thioether (sulfide) groups is 2. The Hall–Kier alpha value is -4.48. The van der Waals surface area contributed by atoms with Crippen molar-refractivity contribution in [1.29, 1.82) is 0 Å². The molecule has 0 aliphatic carbocycles. The molecule has 0 radical (unpaired) electrons. The largest absolute Gasteiger partial charge is 0.495 e. The molecule has 0 unspecified atom stereocenters. The van der Waals surface area contributed by atoms with Crippen LogP contribution < -0.4 is 9.47 Å². The highest BCUT2D eigenvalue weighted by Crippen LogP contribution is 2.46. The van der Waals surface area contributed by atoms with Gasteiger partial charge in [0.15, 0.2) is 0 Å². The second-order valence-electron chi connectivity index (χ2n) is 11.5. The minimum absolute atomic E-state index is 0.841. The lowest BCUT2D eigenvalue weighted by atomic mass is 10.2. The number of fused-ring (bicyclic) bond motifs is 4. The van der Waals surface area contributed by atoms with E-state index in [1.807, 2.05) is 96.8 Å². The van der Waals surface area contributed by atoms with Crippen LogP contribution in [0.2, 0.25) is 0 Å². The molecule has 4 heterocycles. The van der Waals surface area contributed by atoms with Crippen LogP contribution in [0.5, 0.6) is 11.5 Å². The van der Waals surface area contributed by atoms with Gasteiger partial charge in [-0.15, -0.1) is 23.5 Å². The van der Waals surface area contributed by atoms with E-state index >= 15 is 0 Å². The molecule has 0 N–H and O–H groups in total. The SMILES string of the molecule is COc1c(Sc2c(SCCCSc3cnc4ccccc4c3Sc3cnc4ccccc4c3OC)cnc3ccccc23)cnc2ccccc12. The van der Waals surface area contributed by atoms with E-state index in [0.717, 1.165) is 92.6 Å². The molecule has 0 bridgehead atoms. The Kier molecular flexibility index (Phi) is 10.2. The van der Waals surface area contributed by atoms with Crippen molar-refractivity contribution in [2.45, 2.75) is 35.8 Å². The van der Waals surface area contributed by atoms with Gasteiger partial charge >= 0.3 is 0 Å². The Morgan fingerprint density at radius 3 is 1.16 bits per heavy atom. The van der Waals surface area contributed by atoms with Gasteiger partial charge in [0, 0.05) is 65.9 Å². The van der Waals surface area contributed by atoms with Gasteiger partial charge in [0.25, 0.3) is 0 Å². The van der Waals surface area contributed by atoms with Crippen molar-refractivity contribution in [3.63, 3.8) is 0 Å². The fourth-order valence-electron chi connectivity index (χ4n) is 6.02. The molecule has 4 aromatic carbocycles. The molecule has 4 aromatic heterocycles. The van der Waals surface area contributed by atoms with Gasteiger partial charge in [-0.2, -0.15) is 0 Å². The molecular weight excluding hydrogens is 709 g/mol. The maximum absolute atomic E-state index is 5.94. The van der Waals surface area contributed by atoms with Crippen molar-refractivity contribution in [2.75, 3.05) is 25.7 Å². The molecule has 0 atom stereocenters. The van der Waals surface area contributed by atoms with Gasteiger partial charge in [-0.1, -0.05) is 84.2 Å². The predicted octanol–water partition coefficient (Wildman–Crippen LogP) is 11.5. The summed E-state index contributed by atoms with van der Waals surface area (Å²) in [5.74, 6) is 3.57. The van der Waals surface area contributed by atoms with Crippen LogP contribution in [0.25, 0.3) is 43.6 Å². The van der Waals surface area contributed by atoms with Crippen molar-refractivity contribution < 1.29 is 9.47 Å². The van der Waals surface area contributed by atoms with Gasteiger partial charge in [0.1, 0.15) is 11.5 Å². The molecule has 8 aromatic rings. The number of benzene rings is 4. The van der Waals surface area contributed by atoms with E-state index in [0.29, 0.717) is 0 Å². The number of hydrogen-bond donors (Lipinski definition) is 0. The Morgan fingerprint density at radius 1 is 0.431 bits per heavy atom. The summed E-state index contributed by atoms with van der Waals surface area (Å²) in [6.07, 6.45) is 8.86. The van der Waals surface area contributed by atoms with Crippen LogP contribution in [0.4, 0.5) is 0 Å². The molecule has 0 fully saturated rings. The molecule has 0 aliphatic heterocycles. The summed E-state index contributed by atoms with van der Waals surface area (Å²) in [7, 11) is 3.46. The Morgan fingerprint density at radius 2 is 0.765 bits per heavy atom. The van der Waals surface area contributed by atoms with Crippen LogP contribution in [0.1, 0.15) is 6.42 Å². The first kappa shape index (κ1) is 33.7. The number of rotatable bonds is 12. The second kappa shape index (κ2) is 15.4. The number of ether oxygens (including phenoxy) is 2. The first-order valence-corrected chi connectivity index (χ1v) is 20.0. The third kappa shape index (κ3) is 6.93. The van der Waals surface area contributed by atoms with Gasteiger partial charge in [-0.25, -0.2) is 0 Å². The highest BCUT2D eigenvalue weighted by molar-refractivity contribution is 8.03. The van der Waals surface area contributed by atoms with Crippen LogP contribution in [-0.4, -0.2) is 45.7 Å². The van der Waals surface area contributed by atoms with E-state index in [4.69, 9.17) is 29.4 Å². The van der Waals surface area contributed by atoms with Gasteiger partial charge in [0.05, 0.1) is 46.1 Å². The van der Waals surface area contributed by atoms with Crippen LogP contribution in [0.15, 0.2) is 151 Å². The van der Waals surface area contributed by atoms with E-state index in [9.17, 15) is 0 Å². The van der Waals surface area contributed by atoms with Gasteiger partial charge in [-0.3, -0.25) is 19.9 Å². The van der Waals surface area contributed by atoms with E-state index in [1.54, 1.807) is 37.7 Å². The van der Waals surface area contributed by atoms with Gasteiger partial charge in [-0.05, 0) is 54.3 Å². The number of para-hydroxylation sites is 4. The predicted molar refractivity (Wildman–Crippen MR) is 214 cm³/mol. The third-order valence-electron chi connectivity index (χ3n) is 8.41. The second-order valence-corrected chi connectivity index (χ2v) is 15.9. The molecule has 0 saturated carbocycles. The average Bonchev–Trinajstić information content (AvgIpc) is 3.18. The number of nitrogens with zero attached hydrogens (tertiary/aromatic N) is 4. The fourth-order valence-corrected chi connectivity index (χ4v) is 10.7. The summed E-state index contributed by atoms with van der Waals surface area (Å²) in [5, 5.41) is 4.26. The molecule has 10 heteroatoms. The number of pyridine rings is 4. The lowest BCUT2D eigenvalue weighted by Crippen LogP contribution is -1.94. The third-order valence-corrected chi connectivity index (χ3v) is 13.2. The molecule has 51 heavy (non-hydrogen) atoms. The first-order valence-electron chi connectivity index (χ1n) is 16.4. The summed E-state index contributed by atoms with van der Waals surface area (Å²) in [4.78, 5) is 25.7. The standard InChI is InChI=1S/C41H32N4O2S4/c1-46-38-26-12-3-7-16-30(26)42-22-34(38)50-40-28-14-5-9-18-32(28)44-24-36(40)48-20-11-21-49-37-25-45-33-19-10-6-15-29(33)41(37)51-35-23-43-31-17-8-4-13-27(31)39(35)47-2/h3-10,12-19,22-25H,11,20-21H2,1-2H3. The molecule has 0 aliphatic rings. The summed E-state index contributed by atoms with van der Waals surface area (Å²) in [6.45, 7) is 0. The molecule has 252 valence electrons. The van der Waals surface area contributed by atoms with Gasteiger partial charge in [0.2, 0.25) is 0 Å². The summed E-state index contributed by atoms with van der Waals surface area (Å²) >= 11 is 7.09. The fraction of sp³-hybridized carbons (Fsp3) is 0.122. The Labute approximate surface area is 313 Å².